The molecule has 3 heteroatoms. The van der Waals surface area contributed by atoms with Gasteiger partial charge in [-0.2, -0.15) is 0 Å². The van der Waals surface area contributed by atoms with Crippen molar-refractivity contribution in [2.45, 2.75) is 31.7 Å². The molecule has 0 aromatic carbocycles. The van der Waals surface area contributed by atoms with Gasteiger partial charge < -0.3 is 5.11 Å². The van der Waals surface area contributed by atoms with Crippen LogP contribution < -0.4 is 0 Å². The third-order valence-corrected chi connectivity index (χ3v) is 3.98. The zero-order valence-electron chi connectivity index (χ0n) is 8.29. The first-order valence-corrected chi connectivity index (χ1v) is 5.01. The first-order valence-electron chi connectivity index (χ1n) is 5.01. The average molecular weight is 183 g/mol. The molecule has 0 amide bonds. The Morgan fingerprint density at radius 2 is 2.08 bits per heavy atom. The summed E-state index contributed by atoms with van der Waals surface area (Å²) in [5, 5.41) is 9.12. The average Bonchev–Trinajstić information content (AvgIpc) is 2.82. The van der Waals surface area contributed by atoms with Crippen LogP contribution in [0.1, 0.15) is 26.2 Å². The maximum absolute atomic E-state index is 11.1. The number of hydrogen-bond donors (Lipinski definition) is 1. The molecule has 1 N–H and O–H groups in total. The van der Waals surface area contributed by atoms with Crippen LogP contribution in [0.5, 0.6) is 0 Å². The molecule has 2 unspecified atom stereocenters. The van der Waals surface area contributed by atoms with Gasteiger partial charge in [0.1, 0.15) is 0 Å². The van der Waals surface area contributed by atoms with E-state index in [0.29, 0.717) is 5.92 Å². The summed E-state index contributed by atoms with van der Waals surface area (Å²) in [5.74, 6) is -0.134. The highest BCUT2D eigenvalue weighted by atomic mass is 16.4. The van der Waals surface area contributed by atoms with Crippen LogP contribution in [0.25, 0.3) is 0 Å². The Bertz CT molecular complexity index is 237. The third kappa shape index (κ3) is 1.17. The first kappa shape index (κ1) is 9.00. The Labute approximate surface area is 78.7 Å². The molecule has 0 aromatic heterocycles. The van der Waals surface area contributed by atoms with Gasteiger partial charge in [0.15, 0.2) is 0 Å². The number of carboxylic acid groups (broad SMARTS) is 1. The monoisotopic (exact) mass is 183 g/mol. The molecule has 2 rings (SSSR count). The number of aliphatic carboxylic acids is 1. The van der Waals surface area contributed by atoms with Gasteiger partial charge in [0.05, 0.1) is 5.92 Å². The Balaban J connectivity index is 2.24. The minimum absolute atomic E-state index is 0.0637. The van der Waals surface area contributed by atoms with Crippen molar-refractivity contribution >= 4 is 5.97 Å². The van der Waals surface area contributed by atoms with Crippen LogP contribution in [0.3, 0.4) is 0 Å². The van der Waals surface area contributed by atoms with Gasteiger partial charge in [0.2, 0.25) is 0 Å². The van der Waals surface area contributed by atoms with Gasteiger partial charge in [-0.05, 0) is 45.7 Å². The van der Waals surface area contributed by atoms with Crippen molar-refractivity contribution in [2.75, 3.05) is 13.6 Å². The van der Waals surface area contributed by atoms with E-state index in [1.807, 2.05) is 0 Å². The summed E-state index contributed by atoms with van der Waals surface area (Å²) in [5.41, 5.74) is -0.0637. The zero-order chi connectivity index (χ0) is 9.64. The molecule has 2 atom stereocenters. The van der Waals surface area contributed by atoms with E-state index in [1.165, 1.54) is 12.8 Å². The first-order chi connectivity index (χ1) is 6.06. The lowest BCUT2D eigenvalue weighted by molar-refractivity contribution is -0.145. The van der Waals surface area contributed by atoms with Crippen LogP contribution in [-0.4, -0.2) is 35.1 Å². The Hall–Kier alpha value is -0.570. The van der Waals surface area contributed by atoms with E-state index in [0.717, 1.165) is 13.0 Å². The van der Waals surface area contributed by atoms with Crippen molar-refractivity contribution in [3.05, 3.63) is 0 Å². The summed E-state index contributed by atoms with van der Waals surface area (Å²) in [6, 6.07) is 0. The van der Waals surface area contributed by atoms with Crippen molar-refractivity contribution < 1.29 is 9.90 Å². The Morgan fingerprint density at radius 3 is 2.54 bits per heavy atom. The number of nitrogens with zero attached hydrogens (tertiary/aromatic N) is 1. The standard InChI is InChI=1S/C10H17NO2/c1-10(7-3-4-7)8(9(12)13)5-6-11(10)2/h7-8H,3-6H2,1-2H3,(H,12,13). The van der Waals surface area contributed by atoms with Crippen LogP contribution in [0.4, 0.5) is 0 Å². The molecule has 1 saturated carbocycles. The summed E-state index contributed by atoms with van der Waals surface area (Å²) in [6.45, 7) is 3.06. The van der Waals surface area contributed by atoms with Crippen LogP contribution in [0, 0.1) is 11.8 Å². The van der Waals surface area contributed by atoms with E-state index < -0.39 is 5.97 Å². The van der Waals surface area contributed by atoms with Gasteiger partial charge in [-0.15, -0.1) is 0 Å². The molecule has 1 aliphatic heterocycles. The van der Waals surface area contributed by atoms with Crippen molar-refractivity contribution in [1.82, 2.24) is 4.90 Å². The number of carboxylic acids is 1. The van der Waals surface area contributed by atoms with Gasteiger partial charge in [0.25, 0.3) is 0 Å². The molecule has 13 heavy (non-hydrogen) atoms. The maximum Gasteiger partial charge on any atom is 0.308 e. The smallest absolute Gasteiger partial charge is 0.308 e. The fourth-order valence-electron chi connectivity index (χ4n) is 2.76. The molecule has 0 bridgehead atoms. The highest BCUT2D eigenvalue weighted by Gasteiger charge is 2.55. The highest BCUT2D eigenvalue weighted by Crippen LogP contribution is 2.50. The lowest BCUT2D eigenvalue weighted by Crippen LogP contribution is -2.47. The molecular formula is C10H17NO2. The van der Waals surface area contributed by atoms with E-state index in [-0.39, 0.29) is 11.5 Å². The van der Waals surface area contributed by atoms with E-state index in [4.69, 9.17) is 5.11 Å². The second-order valence-electron chi connectivity index (χ2n) is 4.60. The largest absolute Gasteiger partial charge is 0.481 e. The molecule has 1 aliphatic carbocycles. The van der Waals surface area contributed by atoms with Crippen LogP contribution in [-0.2, 0) is 4.79 Å². The van der Waals surface area contributed by atoms with Crippen molar-refractivity contribution in [3.8, 4) is 0 Å². The summed E-state index contributed by atoms with van der Waals surface area (Å²) < 4.78 is 0. The van der Waals surface area contributed by atoms with E-state index >= 15 is 0 Å². The minimum Gasteiger partial charge on any atom is -0.481 e. The van der Waals surface area contributed by atoms with Crippen LogP contribution >= 0.6 is 0 Å². The SMILES string of the molecule is CN1CCC(C(=O)O)C1(C)C1CC1. The van der Waals surface area contributed by atoms with E-state index in [2.05, 4.69) is 18.9 Å². The fraction of sp³-hybridized carbons (Fsp3) is 0.900. The normalized spacial score (nSPS) is 40.9. The predicted octanol–water partition coefficient (Wildman–Crippen LogP) is 1.19. The minimum atomic E-state index is -0.612. The van der Waals surface area contributed by atoms with E-state index in [9.17, 15) is 4.79 Å². The van der Waals surface area contributed by atoms with Gasteiger partial charge in [-0.3, -0.25) is 9.69 Å². The maximum atomic E-state index is 11.1. The number of hydrogen-bond acceptors (Lipinski definition) is 2. The van der Waals surface area contributed by atoms with Crippen molar-refractivity contribution in [3.63, 3.8) is 0 Å². The second kappa shape index (κ2) is 2.71. The van der Waals surface area contributed by atoms with Crippen molar-refractivity contribution in [2.24, 2.45) is 11.8 Å². The molecular weight excluding hydrogens is 166 g/mol. The molecule has 1 heterocycles. The molecule has 3 nitrogen and oxygen atoms in total. The Morgan fingerprint density at radius 1 is 1.46 bits per heavy atom. The summed E-state index contributed by atoms with van der Waals surface area (Å²) in [4.78, 5) is 13.3. The lowest BCUT2D eigenvalue weighted by Gasteiger charge is -2.35. The molecule has 0 radical (unpaired) electrons. The summed E-state index contributed by atoms with van der Waals surface area (Å²) in [7, 11) is 2.06. The summed E-state index contributed by atoms with van der Waals surface area (Å²) in [6.07, 6.45) is 3.24. The Kier molecular flexibility index (Phi) is 1.88. The van der Waals surface area contributed by atoms with E-state index in [1.54, 1.807) is 0 Å². The molecule has 74 valence electrons. The van der Waals surface area contributed by atoms with Crippen LogP contribution in [0.15, 0.2) is 0 Å². The number of carbonyl (C=O) groups is 1. The fourth-order valence-corrected chi connectivity index (χ4v) is 2.76. The second-order valence-corrected chi connectivity index (χ2v) is 4.60. The number of likely N-dealkylation sites (tertiary alicyclic amines) is 1. The molecule has 2 aliphatic rings. The third-order valence-electron chi connectivity index (χ3n) is 3.98. The molecule has 1 saturated heterocycles. The molecule has 0 aromatic rings. The molecule has 2 fully saturated rings. The highest BCUT2D eigenvalue weighted by molar-refractivity contribution is 5.72. The quantitative estimate of drug-likeness (QED) is 0.699. The van der Waals surface area contributed by atoms with Gasteiger partial charge in [-0.1, -0.05) is 0 Å². The summed E-state index contributed by atoms with van der Waals surface area (Å²) >= 11 is 0. The van der Waals surface area contributed by atoms with Gasteiger partial charge in [-0.25, -0.2) is 0 Å². The van der Waals surface area contributed by atoms with Gasteiger partial charge >= 0.3 is 5.97 Å². The topological polar surface area (TPSA) is 40.5 Å². The van der Waals surface area contributed by atoms with Gasteiger partial charge in [0, 0.05) is 5.54 Å². The predicted molar refractivity (Wildman–Crippen MR) is 49.5 cm³/mol. The van der Waals surface area contributed by atoms with Crippen LogP contribution in [0.2, 0.25) is 0 Å². The lowest BCUT2D eigenvalue weighted by atomic mass is 9.82. The molecule has 0 spiro atoms. The number of rotatable bonds is 2. The zero-order valence-corrected chi connectivity index (χ0v) is 8.29. The van der Waals surface area contributed by atoms with Crippen molar-refractivity contribution in [1.29, 1.82) is 0 Å².